The third-order valence-electron chi connectivity index (χ3n) is 7.36. The van der Waals surface area contributed by atoms with Gasteiger partial charge >= 0.3 is 0 Å². The fourth-order valence-corrected chi connectivity index (χ4v) is 5.16. The number of hydrogen-bond acceptors (Lipinski definition) is 5. The standard InChI is InChI=1S/C31H38N4O5/c1-3-5-9-16-34(17-10-6-4-2)31(40)24(20-35-25-14-8-7-12-21(25)18-28(35)38)33-30(39)23-19-27(37)22-13-11-15-26(36)29(22)32-23/h7-8,11-15,19,24,36H,3-6,9-10,16-18,20H2,1-2H3,(H,32,37)(H,33,39)/t24-/m0/s1. The van der Waals surface area contributed by atoms with Gasteiger partial charge in [-0.15, -0.1) is 0 Å². The van der Waals surface area contributed by atoms with Gasteiger partial charge in [0.2, 0.25) is 11.8 Å². The van der Waals surface area contributed by atoms with Crippen LogP contribution in [0.25, 0.3) is 10.9 Å². The number of unbranched alkanes of at least 4 members (excludes halogenated alkanes) is 4. The molecule has 40 heavy (non-hydrogen) atoms. The molecule has 0 unspecified atom stereocenters. The Hall–Kier alpha value is -4.14. The first-order chi connectivity index (χ1) is 19.3. The minimum Gasteiger partial charge on any atom is -0.506 e. The molecule has 0 spiro atoms. The predicted molar refractivity (Wildman–Crippen MR) is 156 cm³/mol. The topological polar surface area (TPSA) is 123 Å². The highest BCUT2D eigenvalue weighted by molar-refractivity contribution is 6.03. The fourth-order valence-electron chi connectivity index (χ4n) is 5.16. The van der Waals surface area contributed by atoms with Crippen LogP contribution in [0.4, 0.5) is 5.69 Å². The van der Waals surface area contributed by atoms with Gasteiger partial charge in [0, 0.05) is 30.2 Å². The zero-order valence-corrected chi connectivity index (χ0v) is 23.2. The average Bonchev–Trinajstić information content (AvgIpc) is 3.26. The lowest BCUT2D eigenvalue weighted by Crippen LogP contribution is -2.55. The van der Waals surface area contributed by atoms with Gasteiger partial charge in [0.1, 0.15) is 17.5 Å². The number of phenolic OH excluding ortho intramolecular Hbond substituents is 1. The molecule has 3 N–H and O–H groups in total. The Morgan fingerprint density at radius 2 is 1.70 bits per heavy atom. The molecule has 3 aromatic rings. The van der Waals surface area contributed by atoms with E-state index in [1.807, 2.05) is 24.3 Å². The molecule has 1 aromatic heterocycles. The number of benzene rings is 2. The molecule has 3 amide bonds. The molecule has 0 radical (unpaired) electrons. The van der Waals surface area contributed by atoms with E-state index in [1.165, 1.54) is 6.07 Å². The molecule has 0 saturated heterocycles. The lowest BCUT2D eigenvalue weighted by molar-refractivity contribution is -0.133. The Balaban J connectivity index is 1.65. The minimum absolute atomic E-state index is 0.0263. The molecule has 4 rings (SSSR count). The van der Waals surface area contributed by atoms with Gasteiger partial charge in [-0.3, -0.25) is 19.2 Å². The third-order valence-corrected chi connectivity index (χ3v) is 7.36. The summed E-state index contributed by atoms with van der Waals surface area (Å²) in [5.41, 5.74) is 1.25. The van der Waals surface area contributed by atoms with Gasteiger partial charge in [0.25, 0.3) is 5.91 Å². The molecule has 9 nitrogen and oxygen atoms in total. The number of para-hydroxylation sites is 2. The van der Waals surface area contributed by atoms with E-state index in [2.05, 4.69) is 24.1 Å². The molecule has 0 aliphatic carbocycles. The Bertz CT molecular complexity index is 1420. The van der Waals surface area contributed by atoms with Crippen molar-refractivity contribution in [2.75, 3.05) is 24.5 Å². The van der Waals surface area contributed by atoms with E-state index < -0.39 is 17.4 Å². The summed E-state index contributed by atoms with van der Waals surface area (Å²) in [5.74, 6) is -1.22. The SMILES string of the molecule is CCCCCN(CCCCC)C(=O)[C@H](CN1C(=O)Cc2ccccc21)NC(=O)c1cc(=O)c2cccc(O)c2[nH]1. The van der Waals surface area contributed by atoms with Crippen LogP contribution in [0.1, 0.15) is 68.4 Å². The van der Waals surface area contributed by atoms with Crippen LogP contribution in [0.5, 0.6) is 5.75 Å². The van der Waals surface area contributed by atoms with Gasteiger partial charge in [0.05, 0.1) is 18.5 Å². The quantitative estimate of drug-likeness (QED) is 0.278. The van der Waals surface area contributed by atoms with Crippen LogP contribution < -0.4 is 15.6 Å². The summed E-state index contributed by atoms with van der Waals surface area (Å²) < 4.78 is 0. The summed E-state index contributed by atoms with van der Waals surface area (Å²) in [6, 6.07) is 12.1. The molecule has 1 aliphatic heterocycles. The van der Waals surface area contributed by atoms with E-state index in [-0.39, 0.29) is 47.1 Å². The van der Waals surface area contributed by atoms with E-state index in [4.69, 9.17) is 0 Å². The molecule has 2 heterocycles. The van der Waals surface area contributed by atoms with Gasteiger partial charge in [-0.1, -0.05) is 63.8 Å². The molecule has 1 aliphatic rings. The van der Waals surface area contributed by atoms with Crippen molar-refractivity contribution < 1.29 is 19.5 Å². The van der Waals surface area contributed by atoms with Crippen LogP contribution >= 0.6 is 0 Å². The molecular weight excluding hydrogens is 508 g/mol. The molecular formula is C31H38N4O5. The van der Waals surface area contributed by atoms with Gasteiger partial charge < -0.3 is 25.2 Å². The fraction of sp³-hybridized carbons (Fsp3) is 0.419. The second-order valence-electron chi connectivity index (χ2n) is 10.3. The van der Waals surface area contributed by atoms with Crippen molar-refractivity contribution in [1.29, 1.82) is 0 Å². The van der Waals surface area contributed by atoms with Crippen molar-refractivity contribution in [2.45, 2.75) is 64.8 Å². The number of pyridine rings is 1. The lowest BCUT2D eigenvalue weighted by atomic mass is 10.1. The number of hydrogen-bond donors (Lipinski definition) is 3. The van der Waals surface area contributed by atoms with E-state index in [0.717, 1.165) is 55.8 Å². The number of amides is 3. The van der Waals surface area contributed by atoms with Gasteiger partial charge in [-0.05, 0) is 36.6 Å². The van der Waals surface area contributed by atoms with Gasteiger partial charge in [0.15, 0.2) is 5.43 Å². The van der Waals surface area contributed by atoms with Gasteiger partial charge in [-0.25, -0.2) is 0 Å². The number of aromatic hydroxyl groups is 1. The first-order valence-corrected chi connectivity index (χ1v) is 14.2. The van der Waals surface area contributed by atoms with Crippen LogP contribution in [0.2, 0.25) is 0 Å². The maximum absolute atomic E-state index is 14.0. The van der Waals surface area contributed by atoms with Crippen molar-refractivity contribution in [3.8, 4) is 5.75 Å². The number of phenols is 1. The Morgan fingerprint density at radius 3 is 2.40 bits per heavy atom. The van der Waals surface area contributed by atoms with Gasteiger partial charge in [-0.2, -0.15) is 0 Å². The predicted octanol–water partition coefficient (Wildman–Crippen LogP) is 4.13. The monoisotopic (exact) mass is 546 g/mol. The summed E-state index contributed by atoms with van der Waals surface area (Å²) >= 11 is 0. The smallest absolute Gasteiger partial charge is 0.268 e. The van der Waals surface area contributed by atoms with E-state index in [0.29, 0.717) is 13.1 Å². The first-order valence-electron chi connectivity index (χ1n) is 14.2. The normalized spacial score (nSPS) is 13.3. The molecule has 0 saturated carbocycles. The maximum atomic E-state index is 14.0. The zero-order chi connectivity index (χ0) is 28.6. The number of fused-ring (bicyclic) bond motifs is 2. The van der Waals surface area contributed by atoms with Crippen molar-refractivity contribution in [1.82, 2.24) is 15.2 Å². The number of carbonyl (C=O) groups excluding carboxylic acids is 3. The highest BCUT2D eigenvalue weighted by atomic mass is 16.3. The van der Waals surface area contributed by atoms with Crippen LogP contribution in [0.3, 0.4) is 0 Å². The van der Waals surface area contributed by atoms with E-state index >= 15 is 0 Å². The number of carbonyl (C=O) groups is 3. The number of rotatable bonds is 13. The Labute approximate surface area is 234 Å². The largest absolute Gasteiger partial charge is 0.506 e. The molecule has 0 bridgehead atoms. The average molecular weight is 547 g/mol. The highest BCUT2D eigenvalue weighted by Crippen LogP contribution is 2.28. The summed E-state index contributed by atoms with van der Waals surface area (Å²) in [6.07, 6.45) is 5.91. The summed E-state index contributed by atoms with van der Waals surface area (Å²) in [4.78, 5) is 59.3. The molecule has 212 valence electrons. The Morgan fingerprint density at radius 1 is 1.00 bits per heavy atom. The van der Waals surface area contributed by atoms with Crippen LogP contribution in [0.15, 0.2) is 53.3 Å². The minimum atomic E-state index is -1.03. The zero-order valence-electron chi connectivity index (χ0n) is 23.2. The molecule has 0 fully saturated rings. The van der Waals surface area contributed by atoms with Crippen LogP contribution in [-0.2, 0) is 16.0 Å². The van der Waals surface area contributed by atoms with Crippen molar-refractivity contribution >= 4 is 34.3 Å². The second kappa shape index (κ2) is 13.3. The van der Waals surface area contributed by atoms with Crippen molar-refractivity contribution in [3.05, 3.63) is 70.0 Å². The van der Waals surface area contributed by atoms with E-state index in [1.54, 1.807) is 21.9 Å². The number of H-pyrrole nitrogens is 1. The maximum Gasteiger partial charge on any atom is 0.268 e. The molecule has 1 atom stereocenters. The molecule has 2 aromatic carbocycles. The van der Waals surface area contributed by atoms with Crippen molar-refractivity contribution in [3.63, 3.8) is 0 Å². The summed E-state index contributed by atoms with van der Waals surface area (Å²) in [7, 11) is 0. The van der Waals surface area contributed by atoms with Crippen LogP contribution in [-0.4, -0.2) is 58.4 Å². The number of anilines is 1. The molecule has 9 heteroatoms. The Kier molecular flexibility index (Phi) is 9.58. The number of nitrogens with one attached hydrogen (secondary N) is 2. The third kappa shape index (κ3) is 6.52. The van der Waals surface area contributed by atoms with Crippen molar-refractivity contribution in [2.24, 2.45) is 0 Å². The first kappa shape index (κ1) is 28.9. The number of nitrogens with zero attached hydrogens (tertiary/aromatic N) is 2. The number of aromatic nitrogens is 1. The lowest BCUT2D eigenvalue weighted by Gasteiger charge is -2.30. The van der Waals surface area contributed by atoms with Crippen LogP contribution in [0, 0.1) is 0 Å². The summed E-state index contributed by atoms with van der Waals surface area (Å²) in [5, 5.41) is 13.3. The second-order valence-corrected chi connectivity index (χ2v) is 10.3. The summed E-state index contributed by atoms with van der Waals surface area (Å²) in [6.45, 7) is 5.30. The number of aromatic amines is 1. The van der Waals surface area contributed by atoms with E-state index in [9.17, 15) is 24.3 Å². The highest BCUT2D eigenvalue weighted by Gasteiger charge is 2.34.